The van der Waals surface area contributed by atoms with Gasteiger partial charge in [-0.25, -0.2) is 4.79 Å². The number of nitrogens with one attached hydrogen (secondary N) is 1. The number of hydrogen-bond acceptors (Lipinski definition) is 3. The van der Waals surface area contributed by atoms with Crippen molar-refractivity contribution in [3.8, 4) is 0 Å². The number of para-hydroxylation sites is 1. The van der Waals surface area contributed by atoms with Gasteiger partial charge in [-0.2, -0.15) is 0 Å². The lowest BCUT2D eigenvalue weighted by atomic mass is 10.1. The van der Waals surface area contributed by atoms with E-state index in [0.29, 0.717) is 27.5 Å². The summed E-state index contributed by atoms with van der Waals surface area (Å²) in [5, 5.41) is 1.31. The average molecular weight is 434 g/mol. The van der Waals surface area contributed by atoms with Crippen LogP contribution in [0.3, 0.4) is 0 Å². The molecule has 0 aliphatic rings. The standard InChI is InChI=1S/C21H21Cl2N3O3/c1-13(2)26(12-14-7-8-16(22)17(23)11-14)19(27)9-10-25-18-6-4-3-5-15(18)20(28)24-21(25)29/h3-8,11,13H,9-10,12H2,1-2H3,(H,24,28,29). The summed E-state index contributed by atoms with van der Waals surface area (Å²) in [4.78, 5) is 41.2. The molecule has 3 aromatic rings. The van der Waals surface area contributed by atoms with Gasteiger partial charge >= 0.3 is 5.69 Å². The summed E-state index contributed by atoms with van der Waals surface area (Å²) in [6.45, 7) is 4.40. The summed E-state index contributed by atoms with van der Waals surface area (Å²) < 4.78 is 1.42. The zero-order valence-corrected chi connectivity index (χ0v) is 17.6. The smallest absolute Gasteiger partial charge is 0.328 e. The summed E-state index contributed by atoms with van der Waals surface area (Å²) >= 11 is 12.0. The maximum Gasteiger partial charge on any atom is 0.328 e. The Morgan fingerprint density at radius 1 is 1.10 bits per heavy atom. The largest absolute Gasteiger partial charge is 0.336 e. The molecule has 8 heteroatoms. The number of carbonyl (C=O) groups excluding carboxylic acids is 1. The quantitative estimate of drug-likeness (QED) is 0.641. The molecule has 0 spiro atoms. The molecule has 6 nitrogen and oxygen atoms in total. The third-order valence-corrected chi connectivity index (χ3v) is 5.47. The highest BCUT2D eigenvalue weighted by atomic mass is 35.5. The number of carbonyl (C=O) groups is 1. The first-order valence-corrected chi connectivity index (χ1v) is 9.98. The number of hydrogen-bond donors (Lipinski definition) is 1. The number of aromatic nitrogens is 2. The number of rotatable bonds is 6. The lowest BCUT2D eigenvalue weighted by Crippen LogP contribution is -2.38. The van der Waals surface area contributed by atoms with Crippen LogP contribution in [0.4, 0.5) is 0 Å². The second-order valence-corrected chi connectivity index (χ2v) is 7.86. The first kappa shape index (κ1) is 21.1. The van der Waals surface area contributed by atoms with Gasteiger partial charge in [0.2, 0.25) is 5.91 Å². The third kappa shape index (κ3) is 4.71. The van der Waals surface area contributed by atoms with E-state index in [1.165, 1.54) is 4.57 Å². The van der Waals surface area contributed by atoms with Gasteiger partial charge in [-0.05, 0) is 43.7 Å². The van der Waals surface area contributed by atoms with E-state index in [9.17, 15) is 14.4 Å². The molecule has 0 bridgehead atoms. The number of aromatic amines is 1. The fraction of sp³-hybridized carbons (Fsp3) is 0.286. The number of amides is 1. The van der Waals surface area contributed by atoms with Crippen molar-refractivity contribution in [1.29, 1.82) is 0 Å². The van der Waals surface area contributed by atoms with Crippen LogP contribution in [0.15, 0.2) is 52.1 Å². The zero-order chi connectivity index (χ0) is 21.1. The second-order valence-electron chi connectivity index (χ2n) is 7.04. The molecule has 1 heterocycles. The monoisotopic (exact) mass is 433 g/mol. The molecule has 0 atom stereocenters. The molecule has 1 amide bonds. The van der Waals surface area contributed by atoms with Gasteiger partial charge in [0.25, 0.3) is 5.56 Å². The summed E-state index contributed by atoms with van der Waals surface area (Å²) in [7, 11) is 0. The summed E-state index contributed by atoms with van der Waals surface area (Å²) in [6.07, 6.45) is 0.120. The molecule has 0 fully saturated rings. The minimum Gasteiger partial charge on any atom is -0.336 e. The molecule has 0 unspecified atom stereocenters. The van der Waals surface area contributed by atoms with Crippen molar-refractivity contribution in [2.24, 2.45) is 0 Å². The Labute approximate surface area is 177 Å². The van der Waals surface area contributed by atoms with E-state index in [-0.39, 0.29) is 24.9 Å². The number of aryl methyl sites for hydroxylation is 1. The Balaban J connectivity index is 1.81. The molecule has 152 valence electrons. The predicted molar refractivity (Wildman–Crippen MR) is 116 cm³/mol. The molecule has 29 heavy (non-hydrogen) atoms. The number of fused-ring (bicyclic) bond motifs is 1. The van der Waals surface area contributed by atoms with Crippen LogP contribution in [0.1, 0.15) is 25.8 Å². The van der Waals surface area contributed by atoms with Gasteiger partial charge in [-0.1, -0.05) is 41.4 Å². The van der Waals surface area contributed by atoms with Crippen LogP contribution in [0, 0.1) is 0 Å². The zero-order valence-electron chi connectivity index (χ0n) is 16.1. The van der Waals surface area contributed by atoms with Crippen molar-refractivity contribution in [3.05, 3.63) is 78.9 Å². The van der Waals surface area contributed by atoms with E-state index in [0.717, 1.165) is 5.56 Å². The molecule has 0 saturated heterocycles. The topological polar surface area (TPSA) is 75.2 Å². The Hall–Kier alpha value is -2.57. The van der Waals surface area contributed by atoms with Crippen LogP contribution in [0.2, 0.25) is 10.0 Å². The molecule has 0 aliphatic heterocycles. The number of halogens is 2. The number of nitrogens with zero attached hydrogens (tertiary/aromatic N) is 2. The van der Waals surface area contributed by atoms with Crippen molar-refractivity contribution in [1.82, 2.24) is 14.5 Å². The van der Waals surface area contributed by atoms with Gasteiger partial charge in [-0.3, -0.25) is 19.1 Å². The van der Waals surface area contributed by atoms with Crippen LogP contribution in [-0.4, -0.2) is 26.4 Å². The lowest BCUT2D eigenvalue weighted by Gasteiger charge is -2.27. The lowest BCUT2D eigenvalue weighted by molar-refractivity contribution is -0.133. The van der Waals surface area contributed by atoms with Crippen molar-refractivity contribution in [3.63, 3.8) is 0 Å². The van der Waals surface area contributed by atoms with Crippen LogP contribution < -0.4 is 11.2 Å². The van der Waals surface area contributed by atoms with Crippen LogP contribution in [0.5, 0.6) is 0 Å². The first-order chi connectivity index (χ1) is 13.8. The van der Waals surface area contributed by atoms with E-state index in [1.54, 1.807) is 41.3 Å². The highest BCUT2D eigenvalue weighted by molar-refractivity contribution is 6.42. The van der Waals surface area contributed by atoms with Crippen LogP contribution >= 0.6 is 23.2 Å². The van der Waals surface area contributed by atoms with Crippen molar-refractivity contribution < 1.29 is 4.79 Å². The summed E-state index contributed by atoms with van der Waals surface area (Å²) in [6, 6.07) is 12.1. The second kappa shape index (κ2) is 8.84. The first-order valence-electron chi connectivity index (χ1n) is 9.23. The maximum absolute atomic E-state index is 12.9. The highest BCUT2D eigenvalue weighted by Crippen LogP contribution is 2.24. The summed E-state index contributed by atoms with van der Waals surface area (Å²) in [5.74, 6) is -0.103. The van der Waals surface area contributed by atoms with Crippen LogP contribution in [-0.2, 0) is 17.9 Å². The van der Waals surface area contributed by atoms with E-state index in [2.05, 4.69) is 4.98 Å². The van der Waals surface area contributed by atoms with E-state index in [4.69, 9.17) is 23.2 Å². The van der Waals surface area contributed by atoms with Crippen LogP contribution in [0.25, 0.3) is 10.9 Å². The third-order valence-electron chi connectivity index (χ3n) is 4.73. The molecular weight excluding hydrogens is 413 g/mol. The van der Waals surface area contributed by atoms with Gasteiger partial charge in [0.1, 0.15) is 0 Å². The molecule has 3 rings (SSSR count). The van der Waals surface area contributed by atoms with Gasteiger partial charge in [-0.15, -0.1) is 0 Å². The molecule has 1 N–H and O–H groups in total. The van der Waals surface area contributed by atoms with Crippen molar-refractivity contribution in [2.45, 2.75) is 39.4 Å². The van der Waals surface area contributed by atoms with Gasteiger partial charge in [0.15, 0.2) is 0 Å². The highest BCUT2D eigenvalue weighted by Gasteiger charge is 2.18. The number of H-pyrrole nitrogens is 1. The molecule has 2 aromatic carbocycles. The molecule has 1 aromatic heterocycles. The van der Waals surface area contributed by atoms with E-state index >= 15 is 0 Å². The van der Waals surface area contributed by atoms with Gasteiger partial charge in [0, 0.05) is 25.6 Å². The molecular formula is C21H21Cl2N3O3. The Bertz CT molecular complexity index is 1170. The van der Waals surface area contributed by atoms with E-state index < -0.39 is 11.2 Å². The van der Waals surface area contributed by atoms with E-state index in [1.807, 2.05) is 19.9 Å². The minimum atomic E-state index is -0.526. The van der Waals surface area contributed by atoms with Crippen molar-refractivity contribution in [2.75, 3.05) is 0 Å². The van der Waals surface area contributed by atoms with Gasteiger partial charge < -0.3 is 4.90 Å². The predicted octanol–water partition coefficient (Wildman–Crippen LogP) is 3.82. The Kier molecular flexibility index (Phi) is 6.45. The normalized spacial score (nSPS) is 11.2. The minimum absolute atomic E-state index is 0.0407. The van der Waals surface area contributed by atoms with Crippen molar-refractivity contribution >= 4 is 40.0 Å². The average Bonchev–Trinajstić information content (AvgIpc) is 2.68. The molecule has 0 saturated carbocycles. The Morgan fingerprint density at radius 2 is 1.83 bits per heavy atom. The summed E-state index contributed by atoms with van der Waals surface area (Å²) in [5.41, 5.74) is 0.418. The fourth-order valence-corrected chi connectivity index (χ4v) is 3.53. The molecule has 0 radical (unpaired) electrons. The molecule has 0 aliphatic carbocycles. The maximum atomic E-state index is 12.9. The fourth-order valence-electron chi connectivity index (χ4n) is 3.21. The SMILES string of the molecule is CC(C)N(Cc1ccc(Cl)c(Cl)c1)C(=O)CCn1c(=O)[nH]c(=O)c2ccccc21. The Morgan fingerprint density at radius 3 is 2.52 bits per heavy atom. The number of benzene rings is 2. The van der Waals surface area contributed by atoms with Gasteiger partial charge in [0.05, 0.1) is 20.9 Å².